The Hall–Kier alpha value is -2.85. The summed E-state index contributed by atoms with van der Waals surface area (Å²) in [5.74, 6) is -0.0530. The Bertz CT molecular complexity index is 1020. The smallest absolute Gasteiger partial charge is 0.229 e. The molecule has 0 radical (unpaired) electrons. The molecule has 0 unspecified atom stereocenters. The van der Waals surface area contributed by atoms with Gasteiger partial charge in [-0.05, 0) is 48.7 Å². The van der Waals surface area contributed by atoms with Crippen molar-refractivity contribution in [3.63, 3.8) is 0 Å². The van der Waals surface area contributed by atoms with E-state index in [-0.39, 0.29) is 5.78 Å². The number of carbonyl (C=O) groups is 1. The van der Waals surface area contributed by atoms with E-state index in [0.29, 0.717) is 36.3 Å². The fourth-order valence-electron chi connectivity index (χ4n) is 3.27. The summed E-state index contributed by atoms with van der Waals surface area (Å²) in [4.78, 5) is 14.0. The van der Waals surface area contributed by atoms with Crippen molar-refractivity contribution in [3.05, 3.63) is 58.7 Å². The Kier molecular flexibility index (Phi) is 4.70. The molecule has 1 aliphatic heterocycles. The highest BCUT2D eigenvalue weighted by molar-refractivity contribution is 7.92. The molecule has 0 spiro atoms. The number of nitriles is 1. The number of nitrogens with one attached hydrogen (secondary N) is 1. The largest absolute Gasteiger partial charge is 0.366 e. The average Bonchev–Trinajstić information content (AvgIpc) is 2.59. The lowest BCUT2D eigenvalue weighted by atomic mass is 9.96. The van der Waals surface area contributed by atoms with Gasteiger partial charge in [-0.2, -0.15) is 5.26 Å². The van der Waals surface area contributed by atoms with Crippen molar-refractivity contribution < 1.29 is 13.2 Å². The Morgan fingerprint density at radius 1 is 1.27 bits per heavy atom. The molecule has 1 aliphatic rings. The summed E-state index contributed by atoms with van der Waals surface area (Å²) in [6.07, 6.45) is 1.77. The zero-order chi connectivity index (χ0) is 18.9. The van der Waals surface area contributed by atoms with Crippen LogP contribution in [-0.2, 0) is 23.0 Å². The molecule has 6 nitrogen and oxygen atoms in total. The number of fused-ring (bicyclic) bond motifs is 1. The molecular formula is C19H19N3O3S. The lowest BCUT2D eigenvalue weighted by Crippen LogP contribution is -2.32. The first-order valence-corrected chi connectivity index (χ1v) is 10.1. The predicted molar refractivity (Wildman–Crippen MR) is 101 cm³/mol. The van der Waals surface area contributed by atoms with Gasteiger partial charge in [0.25, 0.3) is 0 Å². The summed E-state index contributed by atoms with van der Waals surface area (Å²) >= 11 is 0. The fraction of sp³-hybridized carbons (Fsp3) is 0.263. The number of anilines is 2. The minimum absolute atomic E-state index is 0.0530. The van der Waals surface area contributed by atoms with Crippen molar-refractivity contribution in [2.24, 2.45) is 0 Å². The summed E-state index contributed by atoms with van der Waals surface area (Å²) in [7, 11) is -3.35. The van der Waals surface area contributed by atoms with Gasteiger partial charge in [0, 0.05) is 24.3 Å². The van der Waals surface area contributed by atoms with Crippen LogP contribution in [0.5, 0.6) is 0 Å². The highest BCUT2D eigenvalue weighted by atomic mass is 32.2. The normalized spacial score (nSPS) is 13.7. The van der Waals surface area contributed by atoms with E-state index >= 15 is 0 Å². The lowest BCUT2D eigenvalue weighted by Gasteiger charge is -2.33. The van der Waals surface area contributed by atoms with Gasteiger partial charge in [0.05, 0.1) is 23.6 Å². The number of benzene rings is 2. The number of nitrogens with zero attached hydrogens (tertiary/aromatic N) is 2. The van der Waals surface area contributed by atoms with Gasteiger partial charge in [0.1, 0.15) is 0 Å². The summed E-state index contributed by atoms with van der Waals surface area (Å²) in [6, 6.07) is 12.7. The Morgan fingerprint density at radius 3 is 2.69 bits per heavy atom. The first kappa shape index (κ1) is 18.0. The Morgan fingerprint density at radius 2 is 2.04 bits per heavy atom. The van der Waals surface area contributed by atoms with E-state index in [1.807, 2.05) is 12.1 Å². The number of hydrogen-bond acceptors (Lipinski definition) is 5. The molecule has 0 atom stereocenters. The maximum atomic E-state index is 12.0. The molecular weight excluding hydrogens is 350 g/mol. The molecule has 134 valence electrons. The van der Waals surface area contributed by atoms with Gasteiger partial charge in [0.15, 0.2) is 5.78 Å². The van der Waals surface area contributed by atoms with Crippen LogP contribution in [0.2, 0.25) is 0 Å². The predicted octanol–water partition coefficient (Wildman–Crippen LogP) is 2.70. The van der Waals surface area contributed by atoms with Gasteiger partial charge >= 0.3 is 0 Å². The molecule has 0 bridgehead atoms. The molecule has 2 aromatic rings. The van der Waals surface area contributed by atoms with Crippen molar-refractivity contribution in [2.45, 2.75) is 19.9 Å². The quantitative estimate of drug-likeness (QED) is 0.837. The van der Waals surface area contributed by atoms with Crippen LogP contribution in [0.25, 0.3) is 0 Å². The molecule has 3 rings (SSSR count). The highest BCUT2D eigenvalue weighted by Gasteiger charge is 2.23. The minimum Gasteiger partial charge on any atom is -0.366 e. The molecule has 0 aromatic heterocycles. The number of hydrogen-bond donors (Lipinski definition) is 1. The van der Waals surface area contributed by atoms with Crippen molar-refractivity contribution in [2.75, 3.05) is 22.4 Å². The van der Waals surface area contributed by atoms with E-state index in [2.05, 4.69) is 15.7 Å². The van der Waals surface area contributed by atoms with Crippen LogP contribution in [0.1, 0.15) is 34.0 Å². The van der Waals surface area contributed by atoms with E-state index in [1.54, 1.807) is 24.3 Å². The number of rotatable bonds is 4. The van der Waals surface area contributed by atoms with E-state index in [1.165, 1.54) is 6.92 Å². The van der Waals surface area contributed by atoms with Crippen LogP contribution in [0.15, 0.2) is 36.4 Å². The second-order valence-electron chi connectivity index (χ2n) is 6.39. The standard InChI is InChI=1S/C19H19N3O3S/c1-13(23)16-7-6-14(11-20)10-19(16)22-9-8-17-15(12-22)4-3-5-18(17)21-26(2,24)25/h3-7,10,21H,8-9,12H2,1-2H3. The third-order valence-corrected chi connectivity index (χ3v) is 5.00. The zero-order valence-corrected chi connectivity index (χ0v) is 15.4. The second-order valence-corrected chi connectivity index (χ2v) is 8.14. The number of ketones is 1. The topological polar surface area (TPSA) is 90.3 Å². The highest BCUT2D eigenvalue weighted by Crippen LogP contribution is 2.32. The maximum absolute atomic E-state index is 12.0. The van der Waals surface area contributed by atoms with Crippen molar-refractivity contribution in [1.82, 2.24) is 0 Å². The minimum atomic E-state index is -3.35. The zero-order valence-electron chi connectivity index (χ0n) is 14.6. The van der Waals surface area contributed by atoms with Gasteiger partial charge in [-0.25, -0.2) is 8.42 Å². The SMILES string of the molecule is CC(=O)c1ccc(C#N)cc1N1CCc2c(cccc2NS(C)(=O)=O)C1. The first-order chi connectivity index (χ1) is 12.3. The Labute approximate surface area is 153 Å². The molecule has 2 aromatic carbocycles. The average molecular weight is 369 g/mol. The van der Waals surface area contributed by atoms with Crippen LogP contribution in [-0.4, -0.2) is 27.0 Å². The molecule has 0 fully saturated rings. The van der Waals surface area contributed by atoms with Crippen molar-refractivity contribution in [3.8, 4) is 6.07 Å². The van der Waals surface area contributed by atoms with E-state index in [4.69, 9.17) is 0 Å². The van der Waals surface area contributed by atoms with Crippen LogP contribution >= 0.6 is 0 Å². The van der Waals surface area contributed by atoms with Gasteiger partial charge in [-0.15, -0.1) is 0 Å². The third kappa shape index (κ3) is 3.70. The molecule has 1 N–H and O–H groups in total. The lowest BCUT2D eigenvalue weighted by molar-refractivity contribution is 0.101. The van der Waals surface area contributed by atoms with Crippen LogP contribution in [0.3, 0.4) is 0 Å². The summed E-state index contributed by atoms with van der Waals surface area (Å²) in [5, 5.41) is 9.17. The number of sulfonamides is 1. The number of Topliss-reactive ketones (excluding diaryl/α,β-unsaturated/α-hetero) is 1. The maximum Gasteiger partial charge on any atom is 0.229 e. The molecule has 26 heavy (non-hydrogen) atoms. The fourth-order valence-corrected chi connectivity index (χ4v) is 3.86. The van der Waals surface area contributed by atoms with Crippen LogP contribution in [0, 0.1) is 11.3 Å². The van der Waals surface area contributed by atoms with Crippen LogP contribution in [0.4, 0.5) is 11.4 Å². The summed E-state index contributed by atoms with van der Waals surface area (Å²) < 4.78 is 25.7. The van der Waals surface area contributed by atoms with Crippen molar-refractivity contribution >= 4 is 27.2 Å². The van der Waals surface area contributed by atoms with Gasteiger partial charge in [-0.3, -0.25) is 9.52 Å². The summed E-state index contributed by atoms with van der Waals surface area (Å²) in [5.41, 5.74) is 4.39. The molecule has 0 amide bonds. The van der Waals surface area contributed by atoms with E-state index in [9.17, 15) is 18.5 Å². The summed E-state index contributed by atoms with van der Waals surface area (Å²) in [6.45, 7) is 2.69. The van der Waals surface area contributed by atoms with Gasteiger partial charge in [0.2, 0.25) is 10.0 Å². The first-order valence-electron chi connectivity index (χ1n) is 8.17. The Balaban J connectivity index is 1.99. The van der Waals surface area contributed by atoms with Gasteiger partial charge < -0.3 is 4.90 Å². The van der Waals surface area contributed by atoms with Gasteiger partial charge in [-0.1, -0.05) is 12.1 Å². The molecule has 1 heterocycles. The van der Waals surface area contributed by atoms with E-state index < -0.39 is 10.0 Å². The monoisotopic (exact) mass is 369 g/mol. The third-order valence-electron chi connectivity index (χ3n) is 4.41. The molecule has 0 saturated heterocycles. The molecule has 0 aliphatic carbocycles. The van der Waals surface area contributed by atoms with E-state index in [0.717, 1.165) is 23.1 Å². The molecule has 7 heteroatoms. The number of carbonyl (C=O) groups excluding carboxylic acids is 1. The molecule has 0 saturated carbocycles. The second kappa shape index (κ2) is 6.81. The van der Waals surface area contributed by atoms with Crippen LogP contribution < -0.4 is 9.62 Å². The van der Waals surface area contributed by atoms with Crippen molar-refractivity contribution in [1.29, 1.82) is 5.26 Å².